The summed E-state index contributed by atoms with van der Waals surface area (Å²) in [7, 11) is 0. The molecule has 0 amide bonds. The highest BCUT2D eigenvalue weighted by Crippen LogP contribution is 2.25. The van der Waals surface area contributed by atoms with E-state index >= 15 is 0 Å². The molecule has 1 aliphatic heterocycles. The molecule has 0 saturated heterocycles. The van der Waals surface area contributed by atoms with Gasteiger partial charge in [0.1, 0.15) is 5.75 Å². The lowest BCUT2D eigenvalue weighted by Crippen LogP contribution is -2.05. The molecule has 0 aromatic heterocycles. The summed E-state index contributed by atoms with van der Waals surface area (Å²) in [4.78, 5) is 16.3. The first-order chi connectivity index (χ1) is 11.2. The van der Waals surface area contributed by atoms with E-state index in [1.165, 1.54) is 0 Å². The van der Waals surface area contributed by atoms with Crippen molar-refractivity contribution in [2.75, 3.05) is 6.61 Å². The van der Waals surface area contributed by atoms with Crippen LogP contribution in [0.2, 0.25) is 0 Å². The number of esters is 1. The highest BCUT2D eigenvalue weighted by molar-refractivity contribution is 9.10. The number of para-hydroxylation sites is 1. The SMILES string of the molecule is CCOc1ccccc1/C=C1/N=C(c2ccc(Br)cc2)OC1=O. The average Bonchev–Trinajstić information content (AvgIpc) is 2.91. The number of rotatable bonds is 4. The van der Waals surface area contributed by atoms with Crippen molar-refractivity contribution in [2.24, 2.45) is 4.99 Å². The molecule has 0 saturated carbocycles. The molecule has 0 N–H and O–H groups in total. The quantitative estimate of drug-likeness (QED) is 0.597. The second-order valence-electron chi connectivity index (χ2n) is 4.81. The third-order valence-corrected chi connectivity index (χ3v) is 3.75. The Bertz CT molecular complexity index is 794. The lowest BCUT2D eigenvalue weighted by atomic mass is 10.1. The maximum absolute atomic E-state index is 12.0. The summed E-state index contributed by atoms with van der Waals surface area (Å²) in [6.07, 6.45) is 1.68. The fraction of sp³-hybridized carbons (Fsp3) is 0.111. The van der Waals surface area contributed by atoms with Crippen LogP contribution >= 0.6 is 15.9 Å². The molecule has 5 heteroatoms. The van der Waals surface area contributed by atoms with E-state index in [-0.39, 0.29) is 5.70 Å². The monoisotopic (exact) mass is 371 g/mol. The van der Waals surface area contributed by atoms with Gasteiger partial charge in [0.25, 0.3) is 0 Å². The average molecular weight is 372 g/mol. The molecule has 0 spiro atoms. The Morgan fingerprint density at radius 2 is 1.91 bits per heavy atom. The van der Waals surface area contributed by atoms with E-state index in [9.17, 15) is 4.79 Å². The standard InChI is InChI=1S/C18H14BrNO3/c1-2-22-16-6-4-3-5-13(16)11-15-18(21)23-17(20-15)12-7-9-14(19)10-8-12/h3-11H,2H2,1H3/b15-11+. The van der Waals surface area contributed by atoms with Crippen molar-refractivity contribution in [3.63, 3.8) is 0 Å². The summed E-state index contributed by atoms with van der Waals surface area (Å²) in [5.74, 6) is 0.555. The van der Waals surface area contributed by atoms with Crippen molar-refractivity contribution in [3.8, 4) is 5.75 Å². The van der Waals surface area contributed by atoms with Crippen LogP contribution in [0.5, 0.6) is 5.75 Å². The lowest BCUT2D eigenvalue weighted by molar-refractivity contribution is -0.129. The molecule has 0 aliphatic carbocycles. The Morgan fingerprint density at radius 3 is 2.65 bits per heavy atom. The van der Waals surface area contributed by atoms with Crippen LogP contribution in [-0.2, 0) is 9.53 Å². The Hall–Kier alpha value is -2.40. The lowest BCUT2D eigenvalue weighted by Gasteiger charge is -2.06. The van der Waals surface area contributed by atoms with Gasteiger partial charge in [0.05, 0.1) is 6.61 Å². The highest BCUT2D eigenvalue weighted by Gasteiger charge is 2.24. The zero-order valence-electron chi connectivity index (χ0n) is 12.5. The summed E-state index contributed by atoms with van der Waals surface area (Å²) in [5, 5.41) is 0. The van der Waals surface area contributed by atoms with Gasteiger partial charge in [0, 0.05) is 15.6 Å². The van der Waals surface area contributed by atoms with E-state index in [1.807, 2.05) is 55.5 Å². The van der Waals surface area contributed by atoms with Crippen LogP contribution in [0, 0.1) is 0 Å². The molecule has 0 bridgehead atoms. The smallest absolute Gasteiger partial charge is 0.363 e. The Morgan fingerprint density at radius 1 is 1.17 bits per heavy atom. The third kappa shape index (κ3) is 3.51. The third-order valence-electron chi connectivity index (χ3n) is 3.22. The normalized spacial score (nSPS) is 15.5. The molecular formula is C18H14BrNO3. The molecule has 0 fully saturated rings. The van der Waals surface area contributed by atoms with Gasteiger partial charge in [-0.3, -0.25) is 0 Å². The van der Waals surface area contributed by atoms with E-state index in [1.54, 1.807) is 6.08 Å². The second-order valence-corrected chi connectivity index (χ2v) is 5.73. The van der Waals surface area contributed by atoms with Crippen molar-refractivity contribution in [3.05, 3.63) is 69.8 Å². The molecule has 0 radical (unpaired) electrons. The molecule has 4 nitrogen and oxygen atoms in total. The molecule has 0 atom stereocenters. The van der Waals surface area contributed by atoms with Gasteiger partial charge in [-0.15, -0.1) is 0 Å². The fourth-order valence-electron chi connectivity index (χ4n) is 2.16. The number of carbonyl (C=O) groups is 1. The number of aliphatic imine (C=N–C) groups is 1. The first-order valence-corrected chi connectivity index (χ1v) is 7.97. The van der Waals surface area contributed by atoms with Gasteiger partial charge in [-0.2, -0.15) is 0 Å². The zero-order valence-corrected chi connectivity index (χ0v) is 14.0. The Kier molecular flexibility index (Phi) is 4.57. The number of carbonyl (C=O) groups excluding carboxylic acids is 1. The molecular weight excluding hydrogens is 358 g/mol. The van der Waals surface area contributed by atoms with Crippen molar-refractivity contribution in [1.29, 1.82) is 0 Å². The van der Waals surface area contributed by atoms with Gasteiger partial charge in [-0.25, -0.2) is 9.79 Å². The van der Waals surface area contributed by atoms with E-state index in [2.05, 4.69) is 20.9 Å². The molecule has 1 heterocycles. The van der Waals surface area contributed by atoms with Crippen LogP contribution in [-0.4, -0.2) is 18.5 Å². The minimum Gasteiger partial charge on any atom is -0.493 e. The summed E-state index contributed by atoms with van der Waals surface area (Å²) in [6, 6.07) is 14.9. The zero-order chi connectivity index (χ0) is 16.2. The van der Waals surface area contributed by atoms with Crippen LogP contribution in [0.15, 0.2) is 63.7 Å². The van der Waals surface area contributed by atoms with Gasteiger partial charge in [-0.05, 0) is 43.3 Å². The Labute approximate surface area is 142 Å². The predicted octanol–water partition coefficient (Wildman–Crippen LogP) is 4.19. The molecule has 1 aliphatic rings. The minimum absolute atomic E-state index is 0.259. The van der Waals surface area contributed by atoms with Crippen LogP contribution in [0.3, 0.4) is 0 Å². The molecule has 2 aromatic carbocycles. The van der Waals surface area contributed by atoms with E-state index < -0.39 is 5.97 Å². The molecule has 3 rings (SSSR count). The molecule has 2 aromatic rings. The van der Waals surface area contributed by atoms with E-state index in [0.717, 1.165) is 15.6 Å². The minimum atomic E-state index is -0.464. The summed E-state index contributed by atoms with van der Waals surface area (Å²) < 4.78 is 11.8. The van der Waals surface area contributed by atoms with Crippen molar-refractivity contribution in [1.82, 2.24) is 0 Å². The van der Waals surface area contributed by atoms with Crippen molar-refractivity contribution < 1.29 is 14.3 Å². The number of nitrogens with zero attached hydrogens (tertiary/aromatic N) is 1. The first kappa shape index (κ1) is 15.5. The number of halogens is 1. The van der Waals surface area contributed by atoms with Crippen LogP contribution in [0.4, 0.5) is 0 Å². The largest absolute Gasteiger partial charge is 0.493 e. The molecule has 116 valence electrons. The number of ether oxygens (including phenoxy) is 2. The van der Waals surface area contributed by atoms with Crippen molar-refractivity contribution in [2.45, 2.75) is 6.92 Å². The number of cyclic esters (lactones) is 1. The topological polar surface area (TPSA) is 47.9 Å². The van der Waals surface area contributed by atoms with Crippen molar-refractivity contribution >= 4 is 33.9 Å². The van der Waals surface area contributed by atoms with Crippen LogP contribution in [0.1, 0.15) is 18.1 Å². The summed E-state index contributed by atoms with van der Waals surface area (Å²) >= 11 is 3.37. The van der Waals surface area contributed by atoms with Crippen LogP contribution < -0.4 is 4.74 Å². The summed E-state index contributed by atoms with van der Waals surface area (Å²) in [6.45, 7) is 2.47. The first-order valence-electron chi connectivity index (χ1n) is 7.17. The molecule has 23 heavy (non-hydrogen) atoms. The Balaban J connectivity index is 1.94. The van der Waals surface area contributed by atoms with Gasteiger partial charge in [0.2, 0.25) is 5.90 Å². The summed E-state index contributed by atoms with van der Waals surface area (Å²) in [5.41, 5.74) is 1.81. The number of hydrogen-bond acceptors (Lipinski definition) is 4. The number of hydrogen-bond donors (Lipinski definition) is 0. The van der Waals surface area contributed by atoms with E-state index in [0.29, 0.717) is 18.3 Å². The second kappa shape index (κ2) is 6.79. The van der Waals surface area contributed by atoms with Gasteiger partial charge < -0.3 is 9.47 Å². The van der Waals surface area contributed by atoms with Gasteiger partial charge >= 0.3 is 5.97 Å². The van der Waals surface area contributed by atoms with Crippen LogP contribution in [0.25, 0.3) is 6.08 Å². The van der Waals surface area contributed by atoms with E-state index in [4.69, 9.17) is 9.47 Å². The predicted molar refractivity (Wildman–Crippen MR) is 92.4 cm³/mol. The maximum Gasteiger partial charge on any atom is 0.363 e. The highest BCUT2D eigenvalue weighted by atomic mass is 79.9. The number of benzene rings is 2. The van der Waals surface area contributed by atoms with Gasteiger partial charge in [-0.1, -0.05) is 34.1 Å². The maximum atomic E-state index is 12.0. The molecule has 0 unspecified atom stereocenters. The van der Waals surface area contributed by atoms with Gasteiger partial charge in [0.15, 0.2) is 5.70 Å². The fourth-order valence-corrected chi connectivity index (χ4v) is 2.42.